The number of carbonyl (C=O) groups excluding carboxylic acids is 1. The van der Waals surface area contributed by atoms with E-state index in [1.807, 2.05) is 30.3 Å². The topological polar surface area (TPSA) is 144 Å². The first kappa shape index (κ1) is 44.7. The molecule has 0 bridgehead atoms. The van der Waals surface area contributed by atoms with Crippen LogP contribution in [0.15, 0.2) is 66.7 Å². The normalized spacial score (nSPS) is 13.5. The summed E-state index contributed by atoms with van der Waals surface area (Å²) in [4.78, 5) is 26.6. The largest absolute Gasteiger partial charge is 0.492 e. The third-order valence-corrected chi connectivity index (χ3v) is 14.9. The van der Waals surface area contributed by atoms with Crippen LogP contribution in [0.4, 0.5) is 23.7 Å². The van der Waals surface area contributed by atoms with Crippen molar-refractivity contribution < 1.29 is 50.5 Å². The van der Waals surface area contributed by atoms with E-state index in [1.165, 1.54) is 12.1 Å². The van der Waals surface area contributed by atoms with Crippen LogP contribution in [0.25, 0.3) is 10.9 Å². The highest BCUT2D eigenvalue weighted by Crippen LogP contribution is 2.37. The molecule has 0 radical (unpaired) electrons. The van der Waals surface area contributed by atoms with Gasteiger partial charge in [0, 0.05) is 31.1 Å². The van der Waals surface area contributed by atoms with Crippen LogP contribution in [0.2, 0.25) is 23.2 Å². The summed E-state index contributed by atoms with van der Waals surface area (Å²) in [5.74, 6) is -0.565. The second-order valence-electron chi connectivity index (χ2n) is 14.2. The number of nitrogens with zero attached hydrogens (tertiary/aromatic N) is 4. The Kier molecular flexibility index (Phi) is 15.1. The van der Waals surface area contributed by atoms with Gasteiger partial charge < -0.3 is 19.0 Å². The minimum atomic E-state index is -4.86. The van der Waals surface area contributed by atoms with Crippen molar-refractivity contribution in [2.75, 3.05) is 30.5 Å². The van der Waals surface area contributed by atoms with Crippen LogP contribution in [-0.2, 0) is 37.9 Å². The lowest BCUT2D eigenvalue weighted by molar-refractivity contribution is -0.152. The van der Waals surface area contributed by atoms with Gasteiger partial charge in [0.05, 0.1) is 22.3 Å². The summed E-state index contributed by atoms with van der Waals surface area (Å²) in [6.07, 6.45) is -7.10. The van der Waals surface area contributed by atoms with Gasteiger partial charge >= 0.3 is 18.2 Å². The van der Waals surface area contributed by atoms with Gasteiger partial charge in [0.1, 0.15) is 24.5 Å². The number of halogens is 4. The molecule has 0 fully saturated rings. The highest BCUT2D eigenvalue weighted by Gasteiger charge is 2.38. The highest BCUT2D eigenvalue weighted by molar-refractivity contribution is 7.80. The predicted octanol–water partition coefficient (Wildman–Crippen LogP) is 9.16. The molecule has 0 aliphatic rings. The molecule has 2 atom stereocenters. The number of ether oxygens (including phenoxy) is 2. The molecule has 306 valence electrons. The van der Waals surface area contributed by atoms with Crippen molar-refractivity contribution in [2.24, 2.45) is 0 Å². The number of rotatable bonds is 18. The van der Waals surface area contributed by atoms with E-state index in [2.05, 4.69) is 30.8 Å². The number of anilines is 1. The van der Waals surface area contributed by atoms with Gasteiger partial charge in [-0.05, 0) is 74.3 Å². The van der Waals surface area contributed by atoms with E-state index in [-0.39, 0.29) is 38.7 Å². The van der Waals surface area contributed by atoms with Crippen LogP contribution in [0.1, 0.15) is 64.5 Å². The number of aromatic nitrogens is 2. The Balaban J connectivity index is 1.69. The van der Waals surface area contributed by atoms with Crippen molar-refractivity contribution >= 4 is 59.8 Å². The lowest BCUT2D eigenvalue weighted by Gasteiger charge is -2.36. The van der Waals surface area contributed by atoms with Crippen molar-refractivity contribution in [1.82, 2.24) is 14.7 Å². The first-order chi connectivity index (χ1) is 26.3. The molecule has 1 aromatic heterocycles. The summed E-state index contributed by atoms with van der Waals surface area (Å²) in [7, 11) is -2.32. The van der Waals surface area contributed by atoms with E-state index in [0.717, 1.165) is 34.1 Å². The zero-order chi connectivity index (χ0) is 41.4. The Morgan fingerprint density at radius 3 is 2.23 bits per heavy atom. The molecule has 4 rings (SSSR count). The van der Waals surface area contributed by atoms with E-state index in [0.29, 0.717) is 25.2 Å². The lowest BCUT2D eigenvalue weighted by atomic mass is 10.1. The van der Waals surface area contributed by atoms with Gasteiger partial charge in [0.25, 0.3) is 11.3 Å². The second-order valence-corrected chi connectivity index (χ2v) is 20.2. The summed E-state index contributed by atoms with van der Waals surface area (Å²) < 4.78 is 83.6. The zero-order valence-electron chi connectivity index (χ0n) is 32.1. The Hall–Kier alpha value is -4.00. The standard InChI is InChI=1S/C38H48ClF3N4O8SSi/c1-7-56(8-2,9-3)54-33(27-15-18-30(39)32(21-27)45(55(50)51)25-34(47)53-37(4,5)6)24-44(23-26-13-11-10-12-14-26)19-20-52-28-16-17-29-31(22-28)46(36(48)49)43-35(29)38(40,41)42/h10-18,21-22,33H,7-9,19-20,23-25H2,1-6H3,(H,48,49)(H,50,51). The molecule has 4 aromatic rings. The molecular weight excluding hydrogens is 793 g/mol. The number of carboxylic acid groups (broad SMARTS) is 1. The van der Waals surface area contributed by atoms with Gasteiger partial charge in [-0.2, -0.15) is 23.0 Å². The molecule has 0 saturated heterocycles. The van der Waals surface area contributed by atoms with Crippen LogP contribution < -0.4 is 9.04 Å². The van der Waals surface area contributed by atoms with E-state index in [9.17, 15) is 36.6 Å². The average Bonchev–Trinajstić information content (AvgIpc) is 3.53. The summed E-state index contributed by atoms with van der Waals surface area (Å²) in [6.45, 7) is 12.0. The SMILES string of the molecule is CC[Si](CC)(CC)OC(CN(CCOc1ccc2c(C(F)(F)F)nn(C(=O)O)c2c1)Cc1ccccc1)c1ccc(Cl)c(N(CC(=O)OC(C)(C)C)S(=O)O)c1. The summed E-state index contributed by atoms with van der Waals surface area (Å²) in [6, 6.07) is 20.9. The number of esters is 1. The molecule has 18 heteroatoms. The molecule has 1 heterocycles. The molecule has 3 aromatic carbocycles. The molecule has 0 aliphatic heterocycles. The summed E-state index contributed by atoms with van der Waals surface area (Å²) in [5, 5.41) is 12.6. The van der Waals surface area contributed by atoms with Gasteiger partial charge in [-0.25, -0.2) is 9.00 Å². The van der Waals surface area contributed by atoms with Crippen molar-refractivity contribution in [3.05, 3.63) is 88.6 Å². The highest BCUT2D eigenvalue weighted by atomic mass is 35.5. The third-order valence-electron chi connectivity index (χ3n) is 9.27. The van der Waals surface area contributed by atoms with Crippen molar-refractivity contribution in [2.45, 2.75) is 84.1 Å². The summed E-state index contributed by atoms with van der Waals surface area (Å²) >= 11 is 3.97. The Morgan fingerprint density at radius 1 is 1.00 bits per heavy atom. The van der Waals surface area contributed by atoms with Gasteiger partial charge in [0.15, 0.2) is 14.0 Å². The minimum Gasteiger partial charge on any atom is -0.492 e. The van der Waals surface area contributed by atoms with Crippen molar-refractivity contribution in [3.63, 3.8) is 0 Å². The molecule has 2 unspecified atom stereocenters. The predicted molar refractivity (Wildman–Crippen MR) is 212 cm³/mol. The van der Waals surface area contributed by atoms with Crippen molar-refractivity contribution in [1.29, 1.82) is 0 Å². The molecule has 0 aliphatic carbocycles. The lowest BCUT2D eigenvalue weighted by Crippen LogP contribution is -2.41. The van der Waals surface area contributed by atoms with Crippen LogP contribution in [0.3, 0.4) is 0 Å². The number of fused-ring (bicyclic) bond motifs is 1. The monoisotopic (exact) mass is 840 g/mol. The maximum absolute atomic E-state index is 13.6. The number of hydrogen-bond donors (Lipinski definition) is 2. The molecular formula is C38H48ClF3N4O8SSi. The Labute approximate surface area is 333 Å². The van der Waals surface area contributed by atoms with Crippen LogP contribution >= 0.6 is 11.6 Å². The zero-order valence-corrected chi connectivity index (χ0v) is 34.7. The molecule has 0 amide bonds. The van der Waals surface area contributed by atoms with Gasteiger partial charge in [-0.1, -0.05) is 68.8 Å². The fourth-order valence-corrected chi connectivity index (χ4v) is 9.91. The van der Waals surface area contributed by atoms with E-state index >= 15 is 0 Å². The molecule has 2 N–H and O–H groups in total. The Bertz CT molecular complexity index is 1990. The van der Waals surface area contributed by atoms with Crippen LogP contribution in [0, 0.1) is 0 Å². The first-order valence-corrected chi connectivity index (χ1v) is 22.1. The van der Waals surface area contributed by atoms with Gasteiger partial charge in [-0.15, -0.1) is 0 Å². The maximum Gasteiger partial charge on any atom is 0.435 e. The Morgan fingerprint density at radius 2 is 1.66 bits per heavy atom. The maximum atomic E-state index is 13.6. The van der Waals surface area contributed by atoms with Crippen molar-refractivity contribution in [3.8, 4) is 5.75 Å². The van der Waals surface area contributed by atoms with Gasteiger partial charge in [0.2, 0.25) is 0 Å². The second kappa shape index (κ2) is 19.0. The third kappa shape index (κ3) is 11.8. The van der Waals surface area contributed by atoms with E-state index < -0.39 is 61.8 Å². The summed E-state index contributed by atoms with van der Waals surface area (Å²) in [5.41, 5.74) is -0.615. The fourth-order valence-electron chi connectivity index (χ4n) is 6.29. The molecule has 12 nitrogen and oxygen atoms in total. The molecule has 56 heavy (non-hydrogen) atoms. The first-order valence-electron chi connectivity index (χ1n) is 18.1. The van der Waals surface area contributed by atoms with E-state index in [4.69, 9.17) is 25.5 Å². The van der Waals surface area contributed by atoms with Crippen LogP contribution in [0.5, 0.6) is 5.75 Å². The molecule has 0 spiro atoms. The quantitative estimate of drug-likeness (QED) is 0.0566. The number of alkyl halides is 3. The van der Waals surface area contributed by atoms with Gasteiger partial charge in [-0.3, -0.25) is 18.6 Å². The number of hydrogen-bond acceptors (Lipinski definition) is 8. The minimum absolute atomic E-state index is 0.0648. The number of carbonyl (C=O) groups is 2. The molecule has 0 saturated carbocycles. The smallest absolute Gasteiger partial charge is 0.435 e. The van der Waals surface area contributed by atoms with E-state index in [1.54, 1.807) is 39.0 Å². The number of benzene rings is 3. The average molecular weight is 841 g/mol. The van der Waals surface area contributed by atoms with Crippen LogP contribution in [-0.4, -0.2) is 80.8 Å². The fraction of sp³-hybridized carbons (Fsp3) is 0.447.